The van der Waals surface area contributed by atoms with Gasteiger partial charge >= 0.3 is 6.18 Å². The minimum absolute atomic E-state index is 0.0522. The Hall–Kier alpha value is -2.38. The second kappa shape index (κ2) is 8.59. The van der Waals surface area contributed by atoms with Crippen LogP contribution in [0.1, 0.15) is 37.3 Å². The Labute approximate surface area is 204 Å². The Morgan fingerprint density at radius 1 is 1.03 bits per heavy atom. The number of halogens is 4. The fraction of sp³-hybridized carbons (Fsp3) is 0.609. The van der Waals surface area contributed by atoms with Crippen molar-refractivity contribution in [2.24, 2.45) is 17.8 Å². The molecule has 0 aliphatic heterocycles. The summed E-state index contributed by atoms with van der Waals surface area (Å²) < 4.78 is 80.9. The number of hydrogen-bond acceptors (Lipinski definition) is 7. The number of rotatable bonds is 11. The van der Waals surface area contributed by atoms with Crippen molar-refractivity contribution in [3.05, 3.63) is 35.6 Å². The zero-order valence-electron chi connectivity index (χ0n) is 19.0. The molecule has 4 aliphatic carbocycles. The van der Waals surface area contributed by atoms with Crippen LogP contribution in [-0.4, -0.2) is 61.3 Å². The van der Waals surface area contributed by atoms with E-state index in [2.05, 4.69) is 16.0 Å². The number of nitrogens with one attached hydrogen (secondary N) is 3. The standard InChI is InChI=1S/C23H25F4N3O5S/c24-13-5-3-12(4-6-13)20(23(25,26)27)28-15(10-36(34,35)9-11-1-2-11)21(33)30-22(29-14-7-8-14)16-17(22)19(32)18(16)31/h3-6,11,14-17,20,28-29H,1-2,7-10H2,(H,30,33)/t15-,16?,17?,20-,22?/m0/s1. The SMILES string of the molecule is O=C1C(=O)C2C1C2(NC(=O)[C@H](CS(=O)(=O)CC1CC1)N[C@@H](c1ccc(F)cc1)C(F)(F)F)NC1CC1. The highest BCUT2D eigenvalue weighted by atomic mass is 32.2. The lowest BCUT2D eigenvalue weighted by atomic mass is 9.97. The van der Waals surface area contributed by atoms with E-state index >= 15 is 0 Å². The largest absolute Gasteiger partial charge is 0.407 e. The van der Waals surface area contributed by atoms with Crippen LogP contribution in [0.5, 0.6) is 0 Å². The number of sulfone groups is 1. The monoisotopic (exact) mass is 531 g/mol. The fourth-order valence-electron chi connectivity index (χ4n) is 4.94. The van der Waals surface area contributed by atoms with Crippen molar-refractivity contribution in [1.82, 2.24) is 16.0 Å². The third-order valence-corrected chi connectivity index (χ3v) is 9.01. The van der Waals surface area contributed by atoms with Crippen molar-refractivity contribution in [1.29, 1.82) is 0 Å². The number of amides is 1. The van der Waals surface area contributed by atoms with Gasteiger partial charge in [0.15, 0.2) is 9.84 Å². The third kappa shape index (κ3) is 4.92. The molecule has 4 fully saturated rings. The number of hydrogen-bond donors (Lipinski definition) is 3. The molecule has 0 aromatic heterocycles. The van der Waals surface area contributed by atoms with Crippen molar-refractivity contribution in [3.8, 4) is 0 Å². The van der Waals surface area contributed by atoms with Crippen molar-refractivity contribution >= 4 is 27.3 Å². The van der Waals surface area contributed by atoms with Crippen molar-refractivity contribution in [3.63, 3.8) is 0 Å². The molecule has 8 nitrogen and oxygen atoms in total. The maximum Gasteiger partial charge on any atom is 0.407 e. The Morgan fingerprint density at radius 2 is 1.61 bits per heavy atom. The quantitative estimate of drug-likeness (QED) is 0.223. The van der Waals surface area contributed by atoms with Crippen LogP contribution in [0.2, 0.25) is 0 Å². The molecule has 3 N–H and O–H groups in total. The molecule has 2 unspecified atom stereocenters. The second-order valence-corrected chi connectivity index (χ2v) is 12.4. The molecule has 0 spiro atoms. The number of carbonyl (C=O) groups is 3. The van der Waals surface area contributed by atoms with E-state index in [0.29, 0.717) is 12.8 Å². The van der Waals surface area contributed by atoms with Gasteiger partial charge in [0.25, 0.3) is 0 Å². The highest BCUT2D eigenvalue weighted by molar-refractivity contribution is 7.91. The summed E-state index contributed by atoms with van der Waals surface area (Å²) in [5.41, 5.74) is -1.81. The molecule has 4 atom stereocenters. The van der Waals surface area contributed by atoms with E-state index in [4.69, 9.17) is 0 Å². The molecule has 0 bridgehead atoms. The maximum atomic E-state index is 14.0. The Bertz CT molecular complexity index is 1180. The minimum Gasteiger partial charge on any atom is -0.335 e. The van der Waals surface area contributed by atoms with E-state index in [1.165, 1.54) is 0 Å². The zero-order valence-corrected chi connectivity index (χ0v) is 19.8. The highest BCUT2D eigenvalue weighted by Crippen LogP contribution is 2.59. The van der Waals surface area contributed by atoms with Crippen molar-refractivity contribution < 1.29 is 40.4 Å². The predicted molar refractivity (Wildman–Crippen MR) is 118 cm³/mol. The first kappa shape index (κ1) is 25.3. The van der Waals surface area contributed by atoms with Gasteiger partial charge in [0.1, 0.15) is 23.6 Å². The molecule has 0 heterocycles. The maximum absolute atomic E-state index is 14.0. The highest BCUT2D eigenvalue weighted by Gasteiger charge is 2.82. The van der Waals surface area contributed by atoms with Crippen LogP contribution in [0, 0.1) is 23.6 Å². The molecule has 5 rings (SSSR count). The molecule has 36 heavy (non-hydrogen) atoms. The number of alkyl halides is 3. The fourth-order valence-corrected chi connectivity index (χ4v) is 6.89. The molecule has 4 aliphatic rings. The predicted octanol–water partition coefficient (Wildman–Crippen LogP) is 1.17. The lowest BCUT2D eigenvalue weighted by Crippen LogP contribution is -2.59. The smallest absolute Gasteiger partial charge is 0.335 e. The molecule has 4 saturated carbocycles. The van der Waals surface area contributed by atoms with E-state index in [1.807, 2.05) is 0 Å². The Balaban J connectivity index is 1.41. The van der Waals surface area contributed by atoms with E-state index < -0.39 is 80.2 Å². The molecule has 13 heteroatoms. The van der Waals surface area contributed by atoms with Gasteiger partial charge in [-0.15, -0.1) is 0 Å². The summed E-state index contributed by atoms with van der Waals surface area (Å²) in [7, 11) is -3.93. The molecule has 1 amide bonds. The zero-order chi connectivity index (χ0) is 26.0. The van der Waals surface area contributed by atoms with Gasteiger partial charge in [0, 0.05) is 6.04 Å². The number of carbonyl (C=O) groups excluding carboxylic acids is 3. The molecule has 0 saturated heterocycles. The van der Waals surface area contributed by atoms with E-state index in [1.54, 1.807) is 0 Å². The Morgan fingerprint density at radius 3 is 2.11 bits per heavy atom. The van der Waals surface area contributed by atoms with E-state index in [0.717, 1.165) is 37.1 Å². The molecule has 1 aromatic carbocycles. The van der Waals surface area contributed by atoms with Gasteiger partial charge < -0.3 is 5.32 Å². The number of fused-ring (bicyclic) bond motifs is 1. The summed E-state index contributed by atoms with van der Waals surface area (Å²) in [4.78, 5) is 37.4. The van der Waals surface area contributed by atoms with E-state index in [9.17, 15) is 40.4 Å². The van der Waals surface area contributed by atoms with Gasteiger partial charge in [-0.05, 0) is 49.3 Å². The van der Waals surface area contributed by atoms with Crippen molar-refractivity contribution in [2.45, 2.75) is 55.6 Å². The van der Waals surface area contributed by atoms with Crippen molar-refractivity contribution in [2.75, 3.05) is 11.5 Å². The number of ketones is 2. The van der Waals surface area contributed by atoms with Gasteiger partial charge in [-0.3, -0.25) is 25.0 Å². The lowest BCUT2D eigenvalue weighted by Gasteiger charge is -2.29. The minimum atomic E-state index is -4.94. The first-order valence-corrected chi connectivity index (χ1v) is 13.6. The normalized spacial score (nSPS) is 29.2. The number of Topliss-reactive ketones (excluding diaryl/α,β-unsaturated/α-hetero) is 2. The first-order chi connectivity index (χ1) is 16.8. The van der Waals surface area contributed by atoms with Gasteiger partial charge in [-0.2, -0.15) is 13.2 Å². The summed E-state index contributed by atoms with van der Waals surface area (Å²) in [5, 5.41) is 7.72. The summed E-state index contributed by atoms with van der Waals surface area (Å²) in [6, 6.07) is -0.871. The summed E-state index contributed by atoms with van der Waals surface area (Å²) in [6.45, 7) is 0. The van der Waals surface area contributed by atoms with Crippen LogP contribution >= 0.6 is 0 Å². The van der Waals surface area contributed by atoms with E-state index in [-0.39, 0.29) is 17.7 Å². The van der Waals surface area contributed by atoms with Gasteiger partial charge in [0.05, 0.1) is 23.3 Å². The Kier molecular flexibility index (Phi) is 6.03. The molecule has 1 aromatic rings. The third-order valence-electron chi connectivity index (χ3n) is 7.19. The molecular weight excluding hydrogens is 506 g/mol. The van der Waals surface area contributed by atoms with Crippen LogP contribution in [0.25, 0.3) is 0 Å². The summed E-state index contributed by atoms with van der Waals surface area (Å²) >= 11 is 0. The molecular formula is C23H25F4N3O5S. The average molecular weight is 532 g/mol. The van der Waals surface area contributed by atoms with Gasteiger partial charge in [-0.25, -0.2) is 12.8 Å². The van der Waals surface area contributed by atoms with Crippen LogP contribution in [0.3, 0.4) is 0 Å². The van der Waals surface area contributed by atoms with Crippen LogP contribution in [0.15, 0.2) is 24.3 Å². The second-order valence-electron chi connectivity index (χ2n) is 10.2. The summed E-state index contributed by atoms with van der Waals surface area (Å²) in [6.07, 6.45) is -2.07. The summed E-state index contributed by atoms with van der Waals surface area (Å²) in [5.74, 6) is -6.02. The van der Waals surface area contributed by atoms with Crippen LogP contribution in [-0.2, 0) is 24.2 Å². The van der Waals surface area contributed by atoms with Gasteiger partial charge in [0.2, 0.25) is 17.5 Å². The number of benzene rings is 1. The first-order valence-electron chi connectivity index (χ1n) is 11.8. The van der Waals surface area contributed by atoms with Gasteiger partial charge in [-0.1, -0.05) is 12.1 Å². The topological polar surface area (TPSA) is 121 Å². The molecule has 196 valence electrons. The van der Waals surface area contributed by atoms with Crippen LogP contribution in [0.4, 0.5) is 17.6 Å². The molecule has 0 radical (unpaired) electrons. The van der Waals surface area contributed by atoms with Crippen LogP contribution < -0.4 is 16.0 Å². The lowest BCUT2D eigenvalue weighted by molar-refractivity contribution is -0.160. The average Bonchev–Trinajstić information content (AvgIpc) is 3.67.